The molecule has 0 radical (unpaired) electrons. The summed E-state index contributed by atoms with van der Waals surface area (Å²) >= 11 is 0. The predicted molar refractivity (Wildman–Crippen MR) is 106 cm³/mol. The molecule has 3 rings (SSSR count). The summed E-state index contributed by atoms with van der Waals surface area (Å²) < 4.78 is 44.1. The molecule has 7 heteroatoms. The number of alkyl halides is 3. The molecule has 1 aliphatic rings. The smallest absolute Gasteiger partial charge is 0.381 e. The summed E-state index contributed by atoms with van der Waals surface area (Å²) in [7, 11) is 0. The summed E-state index contributed by atoms with van der Waals surface area (Å²) in [5.41, 5.74) is 1.19. The summed E-state index contributed by atoms with van der Waals surface area (Å²) in [4.78, 5) is 27.4. The van der Waals surface area contributed by atoms with E-state index in [1.807, 2.05) is 12.1 Å². The Bertz CT molecular complexity index is 922. The number of nitrogens with zero attached hydrogens (tertiary/aromatic N) is 1. The monoisotopic (exact) mass is 419 g/mol. The quantitative estimate of drug-likeness (QED) is 0.436. The molecule has 2 aromatic carbocycles. The summed E-state index contributed by atoms with van der Waals surface area (Å²) in [6.07, 6.45) is -2.13. The van der Waals surface area contributed by atoms with E-state index >= 15 is 0 Å². The first-order valence-corrected chi connectivity index (χ1v) is 9.98. The topological polar surface area (TPSA) is 46.6 Å². The maximum Gasteiger partial charge on any atom is 0.416 e. The molecule has 160 valence electrons. The fraction of sp³-hybridized carbons (Fsp3) is 0.391. The molecule has 0 aromatic heterocycles. The van der Waals surface area contributed by atoms with Crippen molar-refractivity contribution in [3.05, 3.63) is 70.3 Å². The van der Waals surface area contributed by atoms with Gasteiger partial charge in [-0.05, 0) is 55.2 Å². The van der Waals surface area contributed by atoms with Crippen molar-refractivity contribution >= 4 is 11.8 Å². The average molecular weight is 419 g/mol. The lowest BCUT2D eigenvalue weighted by Crippen LogP contribution is -2.35. The van der Waals surface area contributed by atoms with Crippen LogP contribution in [0.5, 0.6) is 0 Å². The first-order chi connectivity index (χ1) is 14.3. The Morgan fingerprint density at radius 2 is 1.80 bits per heavy atom. The van der Waals surface area contributed by atoms with Crippen LogP contribution in [-0.4, -0.2) is 29.9 Å². The van der Waals surface area contributed by atoms with Crippen LogP contribution >= 0.6 is 0 Å². The predicted octanol–water partition coefficient (Wildman–Crippen LogP) is 5.56. The number of unbranched alkanes of at least 4 members (excludes halogenated alkanes) is 1. The van der Waals surface area contributed by atoms with Gasteiger partial charge in [0.15, 0.2) is 0 Å². The maximum absolute atomic E-state index is 13.1. The number of hydrogen-bond donors (Lipinski definition) is 0. The summed E-state index contributed by atoms with van der Waals surface area (Å²) in [6, 6.07) is 8.88. The van der Waals surface area contributed by atoms with E-state index in [-0.39, 0.29) is 5.56 Å². The highest BCUT2D eigenvalue weighted by molar-refractivity contribution is 6.14. The number of rotatable bonds is 7. The molecule has 0 saturated carbocycles. The van der Waals surface area contributed by atoms with Crippen LogP contribution in [0.4, 0.5) is 13.2 Å². The Hall–Kier alpha value is -2.67. The van der Waals surface area contributed by atoms with Crippen LogP contribution in [0.3, 0.4) is 0 Å². The number of amides is 2. The molecule has 0 spiro atoms. The van der Waals surface area contributed by atoms with E-state index in [2.05, 4.69) is 6.92 Å². The maximum atomic E-state index is 13.1. The zero-order chi connectivity index (χ0) is 21.9. The van der Waals surface area contributed by atoms with Gasteiger partial charge < -0.3 is 4.74 Å². The van der Waals surface area contributed by atoms with E-state index in [1.54, 1.807) is 13.0 Å². The molecule has 0 aliphatic carbocycles. The lowest BCUT2D eigenvalue weighted by molar-refractivity contribution is -0.137. The van der Waals surface area contributed by atoms with Gasteiger partial charge in [0.2, 0.25) is 0 Å². The van der Waals surface area contributed by atoms with Crippen LogP contribution in [0.15, 0.2) is 42.5 Å². The van der Waals surface area contributed by atoms with Crippen LogP contribution in [0.1, 0.15) is 69.6 Å². The first-order valence-electron chi connectivity index (χ1n) is 9.98. The molecule has 4 nitrogen and oxygen atoms in total. The Morgan fingerprint density at radius 1 is 1.10 bits per heavy atom. The van der Waals surface area contributed by atoms with Crippen LogP contribution < -0.4 is 0 Å². The molecule has 1 unspecified atom stereocenters. The Balaban J connectivity index is 1.87. The second kappa shape index (κ2) is 9.00. The SMILES string of the molecule is CCCCOCCC1c2cccc(C)c2C(=O)N1C(=O)c1ccc(C(F)(F)F)cc1. The fourth-order valence-corrected chi connectivity index (χ4v) is 3.66. The van der Waals surface area contributed by atoms with E-state index in [4.69, 9.17) is 4.74 Å². The lowest BCUT2D eigenvalue weighted by atomic mass is 9.99. The zero-order valence-electron chi connectivity index (χ0n) is 17.0. The molecule has 0 N–H and O–H groups in total. The van der Waals surface area contributed by atoms with E-state index in [0.717, 1.165) is 53.1 Å². The Kier molecular flexibility index (Phi) is 6.61. The van der Waals surface area contributed by atoms with Gasteiger partial charge in [0, 0.05) is 24.3 Å². The molecule has 1 heterocycles. The molecule has 1 atom stereocenters. The molecule has 1 aliphatic heterocycles. The van der Waals surface area contributed by atoms with E-state index in [9.17, 15) is 22.8 Å². The van der Waals surface area contributed by atoms with Crippen LogP contribution in [0.2, 0.25) is 0 Å². The number of benzene rings is 2. The number of hydrogen-bond acceptors (Lipinski definition) is 3. The van der Waals surface area contributed by atoms with Crippen molar-refractivity contribution < 1.29 is 27.5 Å². The Morgan fingerprint density at radius 3 is 2.43 bits per heavy atom. The van der Waals surface area contributed by atoms with Crippen molar-refractivity contribution in [2.75, 3.05) is 13.2 Å². The molecule has 0 bridgehead atoms. The van der Waals surface area contributed by atoms with Crippen molar-refractivity contribution in [1.29, 1.82) is 0 Å². The molecule has 2 aromatic rings. The van der Waals surface area contributed by atoms with Gasteiger partial charge in [0.05, 0.1) is 11.6 Å². The highest BCUT2D eigenvalue weighted by Crippen LogP contribution is 2.39. The summed E-state index contributed by atoms with van der Waals surface area (Å²) in [6.45, 7) is 4.84. The van der Waals surface area contributed by atoms with Crippen LogP contribution in [-0.2, 0) is 10.9 Å². The van der Waals surface area contributed by atoms with Gasteiger partial charge in [-0.3, -0.25) is 14.5 Å². The van der Waals surface area contributed by atoms with Gasteiger partial charge in [-0.25, -0.2) is 0 Å². The van der Waals surface area contributed by atoms with Crippen LogP contribution in [0, 0.1) is 6.92 Å². The van der Waals surface area contributed by atoms with Gasteiger partial charge in [-0.15, -0.1) is 0 Å². The second-order valence-corrected chi connectivity index (χ2v) is 7.36. The summed E-state index contributed by atoms with van der Waals surface area (Å²) in [5.74, 6) is -1.03. The number of fused-ring (bicyclic) bond motifs is 1. The van der Waals surface area contributed by atoms with Gasteiger partial charge in [0.1, 0.15) is 0 Å². The normalized spacial score (nSPS) is 16.1. The van der Waals surface area contributed by atoms with Crippen molar-refractivity contribution in [3.8, 4) is 0 Å². The molecule has 0 fully saturated rings. The number of aryl methyl sites for hydroxylation is 1. The lowest BCUT2D eigenvalue weighted by Gasteiger charge is -2.24. The third kappa shape index (κ3) is 4.41. The first kappa shape index (κ1) is 22.0. The third-order valence-electron chi connectivity index (χ3n) is 5.26. The van der Waals surface area contributed by atoms with Crippen molar-refractivity contribution in [2.24, 2.45) is 0 Å². The van der Waals surface area contributed by atoms with Crippen molar-refractivity contribution in [1.82, 2.24) is 4.90 Å². The minimum atomic E-state index is -4.49. The van der Waals surface area contributed by atoms with E-state index in [0.29, 0.717) is 25.2 Å². The van der Waals surface area contributed by atoms with Crippen molar-refractivity contribution in [2.45, 2.75) is 45.3 Å². The average Bonchev–Trinajstić information content (AvgIpc) is 2.99. The van der Waals surface area contributed by atoms with Gasteiger partial charge in [0.25, 0.3) is 11.8 Å². The minimum absolute atomic E-state index is 0.0405. The highest BCUT2D eigenvalue weighted by Gasteiger charge is 2.41. The van der Waals surface area contributed by atoms with E-state index in [1.165, 1.54) is 0 Å². The van der Waals surface area contributed by atoms with Crippen molar-refractivity contribution in [3.63, 3.8) is 0 Å². The molecular formula is C23H24F3NO3. The molecule has 30 heavy (non-hydrogen) atoms. The highest BCUT2D eigenvalue weighted by atomic mass is 19.4. The number of halogens is 3. The third-order valence-corrected chi connectivity index (χ3v) is 5.26. The minimum Gasteiger partial charge on any atom is -0.381 e. The number of ether oxygens (including phenoxy) is 1. The van der Waals surface area contributed by atoms with Gasteiger partial charge in [-0.2, -0.15) is 13.2 Å². The zero-order valence-corrected chi connectivity index (χ0v) is 17.0. The van der Waals surface area contributed by atoms with Gasteiger partial charge >= 0.3 is 6.18 Å². The Labute approximate surface area is 173 Å². The van der Waals surface area contributed by atoms with Gasteiger partial charge in [-0.1, -0.05) is 31.5 Å². The molecule has 0 saturated heterocycles. The fourth-order valence-electron chi connectivity index (χ4n) is 3.66. The number of carbonyl (C=O) groups is 2. The van der Waals surface area contributed by atoms with E-state index < -0.39 is 29.6 Å². The summed E-state index contributed by atoms with van der Waals surface area (Å²) in [5, 5.41) is 0. The number of carbonyl (C=O) groups excluding carboxylic acids is 2. The largest absolute Gasteiger partial charge is 0.416 e. The standard InChI is InChI=1S/C23H24F3NO3/c1-3-4-13-30-14-12-19-18-7-5-6-15(2)20(18)22(29)27(19)21(28)16-8-10-17(11-9-16)23(24,25)26/h5-11,19H,3-4,12-14H2,1-2H3. The molecular weight excluding hydrogens is 395 g/mol. The van der Waals surface area contributed by atoms with Crippen LogP contribution in [0.25, 0.3) is 0 Å². The molecule has 2 amide bonds. The second-order valence-electron chi connectivity index (χ2n) is 7.36. The number of imide groups is 1.